The number of hydrogen-bond acceptors (Lipinski definition) is 3. The summed E-state index contributed by atoms with van der Waals surface area (Å²) in [6.07, 6.45) is -0.608. The van der Waals surface area contributed by atoms with Gasteiger partial charge in [-0.3, -0.25) is 14.4 Å². The molecule has 1 aliphatic rings. The van der Waals surface area contributed by atoms with Crippen LogP contribution in [0.2, 0.25) is 0 Å². The zero-order valence-corrected chi connectivity index (χ0v) is 15.7. The van der Waals surface area contributed by atoms with Gasteiger partial charge in [0.25, 0.3) is 0 Å². The molecule has 1 saturated heterocycles. The maximum Gasteiger partial charge on any atom is 0.418 e. The van der Waals surface area contributed by atoms with Crippen molar-refractivity contribution in [3.63, 3.8) is 0 Å². The number of carbonyl (C=O) groups is 3. The van der Waals surface area contributed by atoms with E-state index in [-0.39, 0.29) is 18.1 Å². The third-order valence-electron chi connectivity index (χ3n) is 4.56. The molecule has 0 bridgehead atoms. The molecule has 0 unspecified atom stereocenters. The predicted octanol–water partition coefficient (Wildman–Crippen LogP) is 2.90. The van der Waals surface area contributed by atoms with Crippen molar-refractivity contribution in [3.05, 3.63) is 29.8 Å². The van der Waals surface area contributed by atoms with E-state index in [0.717, 1.165) is 42.7 Å². The first kappa shape index (κ1) is 21.7. The van der Waals surface area contributed by atoms with E-state index in [2.05, 4.69) is 5.32 Å². The summed E-state index contributed by atoms with van der Waals surface area (Å²) in [4.78, 5) is 39.1. The van der Waals surface area contributed by atoms with Gasteiger partial charge in [0.2, 0.25) is 17.7 Å². The van der Waals surface area contributed by atoms with E-state index in [1.54, 1.807) is 0 Å². The number of para-hydroxylation sites is 1. The first-order valence-electron chi connectivity index (χ1n) is 9.16. The third-order valence-corrected chi connectivity index (χ3v) is 4.56. The van der Waals surface area contributed by atoms with E-state index >= 15 is 0 Å². The molecule has 0 spiro atoms. The normalized spacial score (nSPS) is 15.6. The molecule has 9 heteroatoms. The quantitative estimate of drug-likeness (QED) is 0.828. The average Bonchev–Trinajstić information content (AvgIpc) is 2.60. The molecule has 28 heavy (non-hydrogen) atoms. The number of amides is 3. The van der Waals surface area contributed by atoms with Gasteiger partial charge in [-0.25, -0.2) is 0 Å². The molecular formula is C19H24F3N3O3. The van der Waals surface area contributed by atoms with Crippen LogP contribution in [0.15, 0.2) is 24.3 Å². The minimum absolute atomic E-state index is 0.0926. The Kier molecular flexibility index (Phi) is 7.42. The molecule has 1 heterocycles. The van der Waals surface area contributed by atoms with Gasteiger partial charge in [-0.05, 0) is 25.0 Å². The van der Waals surface area contributed by atoms with Crippen molar-refractivity contribution in [2.24, 2.45) is 0 Å². The number of rotatable bonds is 5. The zero-order valence-electron chi connectivity index (χ0n) is 15.7. The second-order valence-electron chi connectivity index (χ2n) is 6.82. The lowest BCUT2D eigenvalue weighted by molar-refractivity contribution is -0.141. The van der Waals surface area contributed by atoms with Crippen LogP contribution in [0.1, 0.15) is 37.7 Å². The van der Waals surface area contributed by atoms with Gasteiger partial charge in [0.05, 0.1) is 24.3 Å². The zero-order chi connectivity index (χ0) is 20.7. The Morgan fingerprint density at radius 2 is 1.82 bits per heavy atom. The molecule has 1 aliphatic heterocycles. The van der Waals surface area contributed by atoms with Crippen LogP contribution in [-0.2, 0) is 20.6 Å². The number of hydrogen-bond donors (Lipinski definition) is 1. The van der Waals surface area contributed by atoms with Gasteiger partial charge in [-0.15, -0.1) is 0 Å². The number of nitrogens with one attached hydrogen (secondary N) is 1. The van der Waals surface area contributed by atoms with Gasteiger partial charge in [0.1, 0.15) is 0 Å². The number of benzene rings is 1. The topological polar surface area (TPSA) is 69.7 Å². The molecule has 0 saturated carbocycles. The van der Waals surface area contributed by atoms with Crippen molar-refractivity contribution in [3.8, 4) is 0 Å². The van der Waals surface area contributed by atoms with Crippen molar-refractivity contribution in [1.82, 2.24) is 9.80 Å². The van der Waals surface area contributed by atoms with E-state index < -0.39 is 30.1 Å². The molecule has 2 rings (SSSR count). The lowest BCUT2D eigenvalue weighted by atomic mass is 10.1. The van der Waals surface area contributed by atoms with Gasteiger partial charge in [-0.1, -0.05) is 25.0 Å². The monoisotopic (exact) mass is 399 g/mol. The Labute approximate surface area is 161 Å². The van der Waals surface area contributed by atoms with Crippen molar-refractivity contribution in [2.75, 3.05) is 32.0 Å². The number of carbonyl (C=O) groups excluding carboxylic acids is 3. The molecule has 0 aromatic heterocycles. The molecule has 1 aromatic rings. The van der Waals surface area contributed by atoms with Crippen LogP contribution in [0, 0.1) is 0 Å². The Bertz CT molecular complexity index is 722. The first-order valence-corrected chi connectivity index (χ1v) is 9.16. The highest BCUT2D eigenvalue weighted by molar-refractivity contribution is 5.95. The van der Waals surface area contributed by atoms with Crippen LogP contribution in [0.5, 0.6) is 0 Å². The number of alkyl halides is 3. The minimum atomic E-state index is -4.60. The van der Waals surface area contributed by atoms with Gasteiger partial charge in [-0.2, -0.15) is 13.2 Å². The maximum atomic E-state index is 13.0. The second kappa shape index (κ2) is 9.57. The lowest BCUT2D eigenvalue weighted by Crippen LogP contribution is -2.44. The lowest BCUT2D eigenvalue weighted by Gasteiger charge is -2.26. The predicted molar refractivity (Wildman–Crippen MR) is 97.4 cm³/mol. The molecule has 1 aromatic carbocycles. The molecule has 154 valence electrons. The van der Waals surface area contributed by atoms with E-state index in [0.29, 0.717) is 13.0 Å². The standard InChI is InChI=1S/C19H24F3N3O3/c1-24(18(28)13-25-11-7-3-2-4-10-17(25)27)12-16(26)23-15-9-6-5-8-14(15)19(20,21)22/h5-6,8-9H,2-4,7,10-13H2,1H3,(H,23,26). The van der Waals surface area contributed by atoms with Crippen LogP contribution in [0.3, 0.4) is 0 Å². The summed E-state index contributed by atoms with van der Waals surface area (Å²) in [7, 11) is 1.38. The van der Waals surface area contributed by atoms with Crippen LogP contribution in [0.4, 0.5) is 18.9 Å². The molecule has 0 atom stereocenters. The van der Waals surface area contributed by atoms with Crippen molar-refractivity contribution in [1.29, 1.82) is 0 Å². The van der Waals surface area contributed by atoms with Crippen molar-refractivity contribution < 1.29 is 27.6 Å². The number of halogens is 3. The van der Waals surface area contributed by atoms with E-state index in [1.165, 1.54) is 24.1 Å². The van der Waals surface area contributed by atoms with Gasteiger partial charge < -0.3 is 15.1 Å². The molecule has 1 fully saturated rings. The highest BCUT2D eigenvalue weighted by Gasteiger charge is 2.33. The molecule has 0 radical (unpaired) electrons. The van der Waals surface area contributed by atoms with E-state index in [9.17, 15) is 27.6 Å². The number of likely N-dealkylation sites (N-methyl/N-ethyl adjacent to an activating group) is 1. The van der Waals surface area contributed by atoms with Crippen LogP contribution in [0.25, 0.3) is 0 Å². The summed E-state index contributed by atoms with van der Waals surface area (Å²) < 4.78 is 39.0. The first-order chi connectivity index (χ1) is 13.2. The van der Waals surface area contributed by atoms with Crippen molar-refractivity contribution in [2.45, 2.75) is 38.3 Å². The molecule has 3 amide bonds. The largest absolute Gasteiger partial charge is 0.418 e. The number of likely N-dealkylation sites (tertiary alicyclic amines) is 1. The third kappa shape index (κ3) is 6.24. The fraction of sp³-hybridized carbons (Fsp3) is 0.526. The van der Waals surface area contributed by atoms with Crippen LogP contribution < -0.4 is 5.32 Å². The van der Waals surface area contributed by atoms with Gasteiger partial charge >= 0.3 is 6.18 Å². The number of anilines is 1. The fourth-order valence-electron chi connectivity index (χ4n) is 3.00. The van der Waals surface area contributed by atoms with Crippen molar-refractivity contribution >= 4 is 23.4 Å². The minimum Gasteiger partial charge on any atom is -0.335 e. The molecule has 1 N–H and O–H groups in total. The fourth-order valence-corrected chi connectivity index (χ4v) is 3.00. The van der Waals surface area contributed by atoms with Crippen LogP contribution in [-0.4, -0.2) is 54.2 Å². The highest BCUT2D eigenvalue weighted by Crippen LogP contribution is 2.34. The molecule has 6 nitrogen and oxygen atoms in total. The summed E-state index contributed by atoms with van der Waals surface area (Å²) in [6.45, 7) is -0.0572. The molecule has 0 aliphatic carbocycles. The Morgan fingerprint density at radius 3 is 2.54 bits per heavy atom. The van der Waals surface area contributed by atoms with Crippen LogP contribution >= 0.6 is 0 Å². The Morgan fingerprint density at radius 1 is 1.14 bits per heavy atom. The van der Waals surface area contributed by atoms with E-state index in [1.807, 2.05) is 0 Å². The Balaban J connectivity index is 1.93. The summed E-state index contributed by atoms with van der Waals surface area (Å²) in [5.74, 6) is -1.27. The maximum absolute atomic E-state index is 13.0. The summed E-state index contributed by atoms with van der Waals surface area (Å²) >= 11 is 0. The number of nitrogens with zero attached hydrogens (tertiary/aromatic N) is 2. The summed E-state index contributed by atoms with van der Waals surface area (Å²) in [5, 5.41) is 2.20. The van der Waals surface area contributed by atoms with E-state index in [4.69, 9.17) is 0 Å². The summed E-state index contributed by atoms with van der Waals surface area (Å²) in [5.41, 5.74) is -1.32. The SMILES string of the molecule is CN(CC(=O)Nc1ccccc1C(F)(F)F)C(=O)CN1CCCCCCC1=O. The average molecular weight is 399 g/mol. The highest BCUT2D eigenvalue weighted by atomic mass is 19.4. The second-order valence-corrected chi connectivity index (χ2v) is 6.82. The van der Waals surface area contributed by atoms with Gasteiger partial charge in [0.15, 0.2) is 0 Å². The Hall–Kier alpha value is -2.58. The molecular weight excluding hydrogens is 375 g/mol. The smallest absolute Gasteiger partial charge is 0.335 e. The van der Waals surface area contributed by atoms with Gasteiger partial charge in [0, 0.05) is 20.0 Å². The summed E-state index contributed by atoms with van der Waals surface area (Å²) in [6, 6.07) is 4.64.